The minimum atomic E-state index is -0.943. The van der Waals surface area contributed by atoms with Gasteiger partial charge in [-0.05, 0) is 18.1 Å². The Hall–Kier alpha value is -2.50. The van der Waals surface area contributed by atoms with E-state index in [4.69, 9.17) is 5.11 Å². The van der Waals surface area contributed by atoms with E-state index in [0.717, 1.165) is 18.0 Å². The molecule has 0 amide bonds. The first-order valence-corrected chi connectivity index (χ1v) is 6.08. The van der Waals surface area contributed by atoms with Crippen molar-refractivity contribution in [1.29, 1.82) is 0 Å². The summed E-state index contributed by atoms with van der Waals surface area (Å²) in [6, 6.07) is 6.85. The van der Waals surface area contributed by atoms with Crippen LogP contribution in [0.2, 0.25) is 0 Å². The maximum Gasteiger partial charge on any atom is 0.335 e. The number of aromatic nitrogens is 2. The van der Waals surface area contributed by atoms with Crippen LogP contribution in [0.1, 0.15) is 15.9 Å². The molecule has 0 spiro atoms. The van der Waals surface area contributed by atoms with E-state index in [1.54, 1.807) is 36.2 Å². The van der Waals surface area contributed by atoms with Gasteiger partial charge in [-0.3, -0.25) is 0 Å². The minimum absolute atomic E-state index is 0.293. The van der Waals surface area contributed by atoms with Crippen LogP contribution in [0, 0.1) is 5.82 Å². The summed E-state index contributed by atoms with van der Waals surface area (Å²) in [5.41, 5.74) is 1.04. The SMILES string of the molecule is CN(CCc1ccccc1C(=O)O)c1ncc(F)cn1. The molecule has 1 aromatic carbocycles. The van der Waals surface area contributed by atoms with Crippen molar-refractivity contribution in [3.63, 3.8) is 0 Å². The van der Waals surface area contributed by atoms with E-state index < -0.39 is 11.8 Å². The van der Waals surface area contributed by atoms with Gasteiger partial charge in [-0.2, -0.15) is 0 Å². The van der Waals surface area contributed by atoms with E-state index in [-0.39, 0.29) is 0 Å². The number of carboxylic acid groups (broad SMARTS) is 1. The maximum absolute atomic E-state index is 12.7. The Labute approximate surface area is 115 Å². The summed E-state index contributed by atoms with van der Waals surface area (Å²) in [5.74, 6) is -1.03. The van der Waals surface area contributed by atoms with E-state index in [0.29, 0.717) is 24.5 Å². The second-order valence-corrected chi connectivity index (χ2v) is 4.34. The van der Waals surface area contributed by atoms with E-state index in [2.05, 4.69) is 9.97 Å². The predicted octanol–water partition coefficient (Wildman–Crippen LogP) is 1.99. The van der Waals surface area contributed by atoms with Gasteiger partial charge in [0.05, 0.1) is 18.0 Å². The molecule has 5 nitrogen and oxygen atoms in total. The van der Waals surface area contributed by atoms with E-state index >= 15 is 0 Å². The zero-order valence-electron chi connectivity index (χ0n) is 11.0. The molecule has 0 fully saturated rings. The lowest BCUT2D eigenvalue weighted by Gasteiger charge is -2.17. The molecule has 0 unspecified atom stereocenters. The highest BCUT2D eigenvalue weighted by molar-refractivity contribution is 5.89. The van der Waals surface area contributed by atoms with Gasteiger partial charge in [-0.25, -0.2) is 19.2 Å². The van der Waals surface area contributed by atoms with Crippen molar-refractivity contribution >= 4 is 11.9 Å². The Balaban J connectivity index is 2.05. The number of halogens is 1. The van der Waals surface area contributed by atoms with E-state index in [1.807, 2.05) is 0 Å². The Kier molecular flexibility index (Phi) is 4.24. The monoisotopic (exact) mass is 275 g/mol. The van der Waals surface area contributed by atoms with Crippen molar-refractivity contribution in [3.8, 4) is 0 Å². The minimum Gasteiger partial charge on any atom is -0.478 e. The summed E-state index contributed by atoms with van der Waals surface area (Å²) in [5, 5.41) is 9.10. The number of hydrogen-bond acceptors (Lipinski definition) is 4. The zero-order valence-corrected chi connectivity index (χ0v) is 11.0. The van der Waals surface area contributed by atoms with Gasteiger partial charge in [0, 0.05) is 13.6 Å². The van der Waals surface area contributed by atoms with Gasteiger partial charge in [0.25, 0.3) is 0 Å². The van der Waals surface area contributed by atoms with E-state index in [9.17, 15) is 9.18 Å². The van der Waals surface area contributed by atoms with Crippen LogP contribution in [0.15, 0.2) is 36.7 Å². The molecule has 0 aliphatic rings. The number of aromatic carboxylic acids is 1. The molecule has 0 bridgehead atoms. The Bertz CT molecular complexity index is 602. The number of rotatable bonds is 5. The van der Waals surface area contributed by atoms with Crippen molar-refractivity contribution in [1.82, 2.24) is 9.97 Å². The zero-order chi connectivity index (χ0) is 14.5. The van der Waals surface area contributed by atoms with Crippen LogP contribution >= 0.6 is 0 Å². The molecule has 0 saturated heterocycles. The van der Waals surface area contributed by atoms with Gasteiger partial charge >= 0.3 is 5.97 Å². The third-order valence-corrected chi connectivity index (χ3v) is 2.91. The predicted molar refractivity (Wildman–Crippen MR) is 72.4 cm³/mol. The molecule has 0 atom stereocenters. The second kappa shape index (κ2) is 6.10. The number of carboxylic acids is 1. The van der Waals surface area contributed by atoms with Crippen molar-refractivity contribution in [2.75, 3.05) is 18.5 Å². The third kappa shape index (κ3) is 3.28. The summed E-state index contributed by atoms with van der Waals surface area (Å²) in [7, 11) is 1.77. The summed E-state index contributed by atoms with van der Waals surface area (Å²) in [6.45, 7) is 0.538. The van der Waals surface area contributed by atoms with Gasteiger partial charge in [0.2, 0.25) is 5.95 Å². The number of nitrogens with zero attached hydrogens (tertiary/aromatic N) is 3. The fraction of sp³-hybridized carbons (Fsp3) is 0.214. The molecule has 1 aromatic heterocycles. The maximum atomic E-state index is 12.7. The molecule has 2 aromatic rings. The highest BCUT2D eigenvalue weighted by Gasteiger charge is 2.10. The van der Waals surface area contributed by atoms with Gasteiger partial charge < -0.3 is 10.0 Å². The van der Waals surface area contributed by atoms with Crippen LogP contribution in [0.25, 0.3) is 0 Å². The molecule has 0 saturated carbocycles. The lowest BCUT2D eigenvalue weighted by atomic mass is 10.0. The molecule has 104 valence electrons. The second-order valence-electron chi connectivity index (χ2n) is 4.34. The largest absolute Gasteiger partial charge is 0.478 e. The van der Waals surface area contributed by atoms with Crippen LogP contribution in [0.4, 0.5) is 10.3 Å². The van der Waals surface area contributed by atoms with Gasteiger partial charge in [-0.15, -0.1) is 0 Å². The number of hydrogen-bond donors (Lipinski definition) is 1. The lowest BCUT2D eigenvalue weighted by molar-refractivity contribution is 0.0695. The van der Waals surface area contributed by atoms with Crippen LogP contribution in [-0.4, -0.2) is 34.6 Å². The first kappa shape index (κ1) is 13.9. The number of anilines is 1. The van der Waals surface area contributed by atoms with Crippen LogP contribution in [-0.2, 0) is 6.42 Å². The normalized spacial score (nSPS) is 10.3. The summed E-state index contributed by atoms with van der Waals surface area (Å²) < 4.78 is 12.7. The highest BCUT2D eigenvalue weighted by atomic mass is 19.1. The van der Waals surface area contributed by atoms with Gasteiger partial charge in [0.15, 0.2) is 5.82 Å². The Morgan fingerprint density at radius 2 is 1.95 bits per heavy atom. The van der Waals surface area contributed by atoms with Gasteiger partial charge in [-0.1, -0.05) is 18.2 Å². The molecule has 0 radical (unpaired) electrons. The Morgan fingerprint density at radius 3 is 2.60 bits per heavy atom. The van der Waals surface area contributed by atoms with Crippen molar-refractivity contribution < 1.29 is 14.3 Å². The van der Waals surface area contributed by atoms with Crippen molar-refractivity contribution in [2.45, 2.75) is 6.42 Å². The molecular weight excluding hydrogens is 261 g/mol. The number of carbonyl (C=O) groups is 1. The van der Waals surface area contributed by atoms with Gasteiger partial charge in [0.1, 0.15) is 0 Å². The number of benzene rings is 1. The summed E-state index contributed by atoms with van der Waals surface area (Å²) >= 11 is 0. The molecule has 2 rings (SSSR count). The molecule has 1 N–H and O–H groups in total. The van der Waals surface area contributed by atoms with Crippen LogP contribution in [0.3, 0.4) is 0 Å². The number of likely N-dealkylation sites (N-methyl/N-ethyl adjacent to an activating group) is 1. The van der Waals surface area contributed by atoms with Crippen LogP contribution < -0.4 is 4.90 Å². The molecule has 6 heteroatoms. The summed E-state index contributed by atoms with van der Waals surface area (Å²) in [4.78, 5) is 20.6. The third-order valence-electron chi connectivity index (χ3n) is 2.91. The fourth-order valence-corrected chi connectivity index (χ4v) is 1.84. The van der Waals surface area contributed by atoms with Crippen molar-refractivity contribution in [2.24, 2.45) is 0 Å². The quantitative estimate of drug-likeness (QED) is 0.904. The van der Waals surface area contributed by atoms with E-state index in [1.165, 1.54) is 0 Å². The average molecular weight is 275 g/mol. The fourth-order valence-electron chi connectivity index (χ4n) is 1.84. The topological polar surface area (TPSA) is 66.3 Å². The molecule has 20 heavy (non-hydrogen) atoms. The molecule has 0 aliphatic heterocycles. The van der Waals surface area contributed by atoms with Crippen molar-refractivity contribution in [3.05, 3.63) is 53.6 Å². The molecule has 0 aliphatic carbocycles. The molecular formula is C14H14FN3O2. The first-order chi connectivity index (χ1) is 9.58. The van der Waals surface area contributed by atoms with Crippen LogP contribution in [0.5, 0.6) is 0 Å². The Morgan fingerprint density at radius 1 is 1.30 bits per heavy atom. The summed E-state index contributed by atoms with van der Waals surface area (Å²) in [6.07, 6.45) is 2.74. The molecule has 1 heterocycles. The lowest BCUT2D eigenvalue weighted by Crippen LogP contribution is -2.23. The first-order valence-electron chi connectivity index (χ1n) is 6.08. The highest BCUT2D eigenvalue weighted by Crippen LogP contribution is 2.11. The average Bonchev–Trinajstić information content (AvgIpc) is 2.45. The standard InChI is InChI=1S/C14H14FN3O2/c1-18(14-16-8-11(15)9-17-14)7-6-10-4-2-3-5-12(10)13(19)20/h2-5,8-9H,6-7H2,1H3,(H,19,20). The smallest absolute Gasteiger partial charge is 0.335 e.